The maximum absolute atomic E-state index is 12.7. The van der Waals surface area contributed by atoms with Gasteiger partial charge >= 0.3 is 5.97 Å². The number of anilines is 4. The van der Waals surface area contributed by atoms with E-state index >= 15 is 0 Å². The molecule has 0 amide bonds. The van der Waals surface area contributed by atoms with Crippen molar-refractivity contribution in [1.29, 1.82) is 0 Å². The van der Waals surface area contributed by atoms with Gasteiger partial charge in [0.25, 0.3) is 10.9 Å². The smallest absolute Gasteiger partial charge is 0.308 e. The van der Waals surface area contributed by atoms with Gasteiger partial charge in [0.1, 0.15) is 17.2 Å². The first kappa shape index (κ1) is 26.3. The van der Waals surface area contributed by atoms with Crippen LogP contribution in [-0.2, 0) is 9.53 Å². The van der Waals surface area contributed by atoms with Gasteiger partial charge in [-0.2, -0.15) is 0 Å². The number of nitrogens with one attached hydrogen (secondary N) is 2. The van der Waals surface area contributed by atoms with Crippen LogP contribution in [0, 0.1) is 6.92 Å². The van der Waals surface area contributed by atoms with Crippen molar-refractivity contribution in [1.82, 2.24) is 9.97 Å². The number of benzene rings is 1. The second kappa shape index (κ2) is 10.8. The van der Waals surface area contributed by atoms with E-state index in [2.05, 4.69) is 34.4 Å². The van der Waals surface area contributed by atoms with E-state index in [4.69, 9.17) is 4.74 Å². The number of carbonyl (C=O) groups is 1. The Hall–Kier alpha value is -4.27. The molecule has 3 atom stereocenters. The topological polar surface area (TPSA) is 114 Å². The summed E-state index contributed by atoms with van der Waals surface area (Å²) in [5.41, 5.74) is 2.17. The van der Waals surface area contributed by atoms with Gasteiger partial charge in [-0.25, -0.2) is 4.98 Å². The van der Waals surface area contributed by atoms with Crippen molar-refractivity contribution in [3.63, 3.8) is 0 Å². The van der Waals surface area contributed by atoms with Crippen molar-refractivity contribution < 1.29 is 9.53 Å². The van der Waals surface area contributed by atoms with Gasteiger partial charge in [-0.1, -0.05) is 12.1 Å². The standard InChI is InChI=1S/C30H33N5O4/c1-5-39-25(36)15-24(34-26-27(29(38)28(26)37)35-18(3)6-7-19(35)4)20-8-10-22(11-9-20)33-30-23-16-31-13-12-21(23)14-17(2)32-30/h8-14,16,18-19,24,34H,5-7,15H2,1-4H3,(H,32,33)/t18-,19?,24?/m0/s1. The molecule has 39 heavy (non-hydrogen) atoms. The first-order valence-corrected chi connectivity index (χ1v) is 13.4. The van der Waals surface area contributed by atoms with Gasteiger partial charge < -0.3 is 20.3 Å². The summed E-state index contributed by atoms with van der Waals surface area (Å²) >= 11 is 0. The van der Waals surface area contributed by atoms with Gasteiger partial charge in [0.15, 0.2) is 0 Å². The molecule has 0 saturated carbocycles. The van der Waals surface area contributed by atoms with E-state index in [-0.39, 0.29) is 36.8 Å². The summed E-state index contributed by atoms with van der Waals surface area (Å²) in [5, 5.41) is 8.55. The Kier molecular flexibility index (Phi) is 7.32. The van der Waals surface area contributed by atoms with Crippen molar-refractivity contribution >= 4 is 39.6 Å². The molecule has 0 radical (unpaired) electrons. The molecule has 1 saturated heterocycles. The van der Waals surface area contributed by atoms with Gasteiger partial charge in [0.2, 0.25) is 0 Å². The Morgan fingerprint density at radius 2 is 1.82 bits per heavy atom. The summed E-state index contributed by atoms with van der Waals surface area (Å²) in [6, 6.07) is 11.3. The highest BCUT2D eigenvalue weighted by molar-refractivity contribution is 5.93. The van der Waals surface area contributed by atoms with Gasteiger partial charge in [-0.05, 0) is 75.8 Å². The molecule has 9 nitrogen and oxygen atoms in total. The molecule has 2 aromatic carbocycles. The number of aromatic nitrogens is 2. The summed E-state index contributed by atoms with van der Waals surface area (Å²) in [6.45, 7) is 8.08. The molecule has 1 aliphatic rings. The van der Waals surface area contributed by atoms with Crippen molar-refractivity contribution in [3.05, 3.63) is 80.5 Å². The minimum Gasteiger partial charge on any atom is -0.466 e. The van der Waals surface area contributed by atoms with Crippen LogP contribution >= 0.6 is 0 Å². The van der Waals surface area contributed by atoms with Crippen molar-refractivity contribution in [2.75, 3.05) is 22.1 Å². The highest BCUT2D eigenvalue weighted by atomic mass is 16.5. The lowest BCUT2D eigenvalue weighted by Gasteiger charge is -2.32. The molecule has 202 valence electrons. The summed E-state index contributed by atoms with van der Waals surface area (Å²) in [4.78, 5) is 48.7. The zero-order valence-corrected chi connectivity index (χ0v) is 22.7. The molecule has 3 heterocycles. The molecule has 0 aliphatic carbocycles. The van der Waals surface area contributed by atoms with E-state index in [1.54, 1.807) is 19.3 Å². The third kappa shape index (κ3) is 5.21. The van der Waals surface area contributed by atoms with Crippen LogP contribution in [0.1, 0.15) is 57.3 Å². The van der Waals surface area contributed by atoms with Gasteiger partial charge in [-0.15, -0.1) is 0 Å². The Balaban J connectivity index is 1.42. The van der Waals surface area contributed by atoms with Crippen LogP contribution in [-0.4, -0.2) is 34.6 Å². The van der Waals surface area contributed by atoms with E-state index in [1.807, 2.05) is 48.2 Å². The number of nitrogens with zero attached hydrogens (tertiary/aromatic N) is 3. The number of rotatable bonds is 9. The second-order valence-corrected chi connectivity index (χ2v) is 10.2. The summed E-state index contributed by atoms with van der Waals surface area (Å²) in [7, 11) is 0. The zero-order valence-electron chi connectivity index (χ0n) is 22.7. The minimum absolute atomic E-state index is 0.0136. The van der Waals surface area contributed by atoms with Crippen LogP contribution in [0.25, 0.3) is 10.8 Å². The van der Waals surface area contributed by atoms with E-state index in [1.165, 1.54) is 0 Å². The van der Waals surface area contributed by atoms with Crippen molar-refractivity contribution in [3.8, 4) is 0 Å². The molecular formula is C30H33N5O4. The molecule has 2 N–H and O–H groups in total. The lowest BCUT2D eigenvalue weighted by Crippen LogP contribution is -2.46. The Morgan fingerprint density at radius 1 is 1.10 bits per heavy atom. The van der Waals surface area contributed by atoms with E-state index in [0.717, 1.165) is 40.6 Å². The molecule has 4 aromatic rings. The maximum atomic E-state index is 12.7. The molecule has 1 aliphatic heterocycles. The third-order valence-electron chi connectivity index (χ3n) is 7.43. The Bertz CT molecular complexity index is 1570. The number of hydrogen-bond donors (Lipinski definition) is 2. The summed E-state index contributed by atoms with van der Waals surface area (Å²) in [6.07, 6.45) is 5.47. The normalized spacial score (nSPS) is 17.9. The van der Waals surface area contributed by atoms with Crippen molar-refractivity contribution in [2.45, 2.75) is 65.1 Å². The first-order valence-electron chi connectivity index (χ1n) is 13.4. The number of esters is 1. The Labute approximate surface area is 226 Å². The quantitative estimate of drug-likeness (QED) is 0.235. The lowest BCUT2D eigenvalue weighted by molar-refractivity contribution is -0.143. The number of aryl methyl sites for hydroxylation is 1. The minimum atomic E-state index is -0.547. The fourth-order valence-corrected chi connectivity index (χ4v) is 5.46. The average Bonchev–Trinajstić information content (AvgIpc) is 3.25. The van der Waals surface area contributed by atoms with Gasteiger partial charge in [0.05, 0.1) is 19.1 Å². The van der Waals surface area contributed by atoms with E-state index < -0.39 is 16.9 Å². The fraction of sp³-hybridized carbons (Fsp3) is 0.367. The number of carbonyl (C=O) groups excluding carboxylic acids is 1. The van der Waals surface area contributed by atoms with Crippen LogP contribution < -0.4 is 26.4 Å². The predicted molar refractivity (Wildman–Crippen MR) is 154 cm³/mol. The molecule has 0 spiro atoms. The molecule has 1 fully saturated rings. The SMILES string of the molecule is CCOC(=O)CC(Nc1c(N2C(C)CC[C@@H]2C)c(=O)c1=O)c1ccc(Nc2nc(C)cc3ccncc23)cc1. The van der Waals surface area contributed by atoms with Crippen LogP contribution in [0.2, 0.25) is 0 Å². The number of pyridine rings is 2. The second-order valence-electron chi connectivity index (χ2n) is 10.2. The number of ether oxygens (including phenoxy) is 1. The van der Waals surface area contributed by atoms with Crippen LogP contribution in [0.5, 0.6) is 0 Å². The predicted octanol–water partition coefficient (Wildman–Crippen LogP) is 4.76. The number of fused-ring (bicyclic) bond motifs is 1. The van der Waals surface area contributed by atoms with Crippen LogP contribution in [0.4, 0.5) is 22.9 Å². The van der Waals surface area contributed by atoms with E-state index in [9.17, 15) is 14.4 Å². The third-order valence-corrected chi connectivity index (χ3v) is 7.43. The fourth-order valence-electron chi connectivity index (χ4n) is 5.46. The van der Waals surface area contributed by atoms with Gasteiger partial charge in [0, 0.05) is 41.2 Å². The average molecular weight is 528 g/mol. The molecule has 2 aromatic heterocycles. The molecule has 9 heteroatoms. The molecule has 5 rings (SSSR count). The largest absolute Gasteiger partial charge is 0.466 e. The Morgan fingerprint density at radius 3 is 2.51 bits per heavy atom. The highest BCUT2D eigenvalue weighted by Gasteiger charge is 2.36. The molecule has 0 bridgehead atoms. The van der Waals surface area contributed by atoms with Crippen molar-refractivity contribution in [2.24, 2.45) is 0 Å². The summed E-state index contributed by atoms with van der Waals surface area (Å²) in [5.74, 6) is 0.317. The monoisotopic (exact) mass is 527 g/mol. The van der Waals surface area contributed by atoms with E-state index in [0.29, 0.717) is 11.5 Å². The number of hydrogen-bond acceptors (Lipinski definition) is 9. The summed E-state index contributed by atoms with van der Waals surface area (Å²) < 4.78 is 5.21. The maximum Gasteiger partial charge on any atom is 0.308 e. The highest BCUT2D eigenvalue weighted by Crippen LogP contribution is 2.35. The molecular weight excluding hydrogens is 494 g/mol. The molecule has 2 unspecified atom stereocenters. The first-order chi connectivity index (χ1) is 18.8. The van der Waals surface area contributed by atoms with Crippen LogP contribution in [0.3, 0.4) is 0 Å². The zero-order chi connectivity index (χ0) is 27.7. The lowest BCUT2D eigenvalue weighted by atomic mass is 10.0. The van der Waals surface area contributed by atoms with Crippen LogP contribution in [0.15, 0.2) is 58.4 Å². The van der Waals surface area contributed by atoms with Gasteiger partial charge in [-0.3, -0.25) is 19.4 Å².